The van der Waals surface area contributed by atoms with Crippen molar-refractivity contribution in [3.05, 3.63) is 57.0 Å². The molecule has 2 aromatic rings. The summed E-state index contributed by atoms with van der Waals surface area (Å²) < 4.78 is 2.50. The van der Waals surface area contributed by atoms with Crippen molar-refractivity contribution in [3.8, 4) is 0 Å². The molecule has 2 heterocycles. The Hall–Kier alpha value is -2.37. The van der Waals surface area contributed by atoms with Crippen LogP contribution in [0, 0.1) is 0 Å². The van der Waals surface area contributed by atoms with E-state index >= 15 is 0 Å². The minimum atomic E-state index is -0.354. The highest BCUT2D eigenvalue weighted by Crippen LogP contribution is 2.02. The molecule has 0 saturated heterocycles. The van der Waals surface area contributed by atoms with Crippen molar-refractivity contribution in [3.63, 3.8) is 0 Å². The van der Waals surface area contributed by atoms with E-state index in [0.717, 1.165) is 10.1 Å². The number of rotatable bonds is 2. The van der Waals surface area contributed by atoms with E-state index in [-0.39, 0.29) is 17.8 Å². The van der Waals surface area contributed by atoms with E-state index in [1.54, 1.807) is 25.4 Å². The molecule has 2 rings (SSSR count). The van der Waals surface area contributed by atoms with Gasteiger partial charge in [0.05, 0.1) is 6.54 Å². The predicted molar refractivity (Wildman–Crippen MR) is 63.7 cm³/mol. The standard InChI is InChI=1S/C11H12N4O2/c1-14-5-3-10(16)15(11(14)17)7-8-2-4-13-9(12)6-8/h2-6H,7H2,1H3,(H2,12,13). The van der Waals surface area contributed by atoms with Gasteiger partial charge in [-0.2, -0.15) is 0 Å². The molecule has 0 spiro atoms. The Kier molecular flexibility index (Phi) is 2.78. The lowest BCUT2D eigenvalue weighted by atomic mass is 10.2. The van der Waals surface area contributed by atoms with Gasteiger partial charge in [0.15, 0.2) is 0 Å². The number of nitrogen functional groups attached to an aromatic ring is 1. The van der Waals surface area contributed by atoms with Crippen molar-refractivity contribution in [1.82, 2.24) is 14.1 Å². The first-order valence-corrected chi connectivity index (χ1v) is 5.05. The van der Waals surface area contributed by atoms with Gasteiger partial charge < -0.3 is 10.3 Å². The highest BCUT2D eigenvalue weighted by Gasteiger charge is 2.04. The molecule has 0 bridgehead atoms. The molecule has 17 heavy (non-hydrogen) atoms. The fourth-order valence-corrected chi connectivity index (χ4v) is 1.53. The molecule has 0 fully saturated rings. The van der Waals surface area contributed by atoms with E-state index < -0.39 is 0 Å². The van der Waals surface area contributed by atoms with Crippen LogP contribution in [0.25, 0.3) is 0 Å². The van der Waals surface area contributed by atoms with Crippen LogP contribution in [-0.2, 0) is 13.6 Å². The second kappa shape index (κ2) is 4.25. The maximum Gasteiger partial charge on any atom is 0.331 e. The number of hydrogen-bond acceptors (Lipinski definition) is 4. The summed E-state index contributed by atoms with van der Waals surface area (Å²) in [6, 6.07) is 4.71. The van der Waals surface area contributed by atoms with Crippen molar-refractivity contribution < 1.29 is 0 Å². The van der Waals surface area contributed by atoms with Crippen LogP contribution in [0.15, 0.2) is 40.2 Å². The average molecular weight is 232 g/mol. The minimum absolute atomic E-state index is 0.194. The van der Waals surface area contributed by atoms with Gasteiger partial charge in [0.2, 0.25) is 0 Å². The molecular formula is C11H12N4O2. The summed E-state index contributed by atoms with van der Waals surface area (Å²) in [5, 5.41) is 0. The number of hydrogen-bond donors (Lipinski definition) is 1. The summed E-state index contributed by atoms with van der Waals surface area (Å²) in [6.07, 6.45) is 2.99. The first-order valence-electron chi connectivity index (χ1n) is 5.05. The van der Waals surface area contributed by atoms with Gasteiger partial charge in [-0.3, -0.25) is 9.36 Å². The van der Waals surface area contributed by atoms with Crippen LogP contribution in [0.1, 0.15) is 5.56 Å². The van der Waals surface area contributed by atoms with E-state index in [2.05, 4.69) is 4.98 Å². The Morgan fingerprint density at radius 2 is 2.12 bits per heavy atom. The summed E-state index contributed by atoms with van der Waals surface area (Å²) in [4.78, 5) is 27.2. The molecule has 6 nitrogen and oxygen atoms in total. The highest BCUT2D eigenvalue weighted by atomic mass is 16.2. The summed E-state index contributed by atoms with van der Waals surface area (Å²) in [6.45, 7) is 0.194. The zero-order valence-corrected chi connectivity index (χ0v) is 9.33. The molecule has 0 aromatic carbocycles. The maximum atomic E-state index is 11.8. The van der Waals surface area contributed by atoms with Crippen LogP contribution in [0.4, 0.5) is 5.82 Å². The Bertz CT molecular complexity index is 657. The van der Waals surface area contributed by atoms with E-state index in [1.165, 1.54) is 16.8 Å². The highest BCUT2D eigenvalue weighted by molar-refractivity contribution is 5.31. The smallest absolute Gasteiger partial charge is 0.331 e. The van der Waals surface area contributed by atoms with Crippen molar-refractivity contribution in [1.29, 1.82) is 0 Å². The number of aromatic nitrogens is 3. The van der Waals surface area contributed by atoms with Gasteiger partial charge in [0.25, 0.3) is 5.56 Å². The van der Waals surface area contributed by atoms with Crippen LogP contribution in [-0.4, -0.2) is 14.1 Å². The van der Waals surface area contributed by atoms with Crippen LogP contribution in [0.2, 0.25) is 0 Å². The summed E-state index contributed by atoms with van der Waals surface area (Å²) in [5.74, 6) is 0.364. The third-order valence-electron chi connectivity index (χ3n) is 2.43. The number of aryl methyl sites for hydroxylation is 1. The van der Waals surface area contributed by atoms with Crippen LogP contribution in [0.5, 0.6) is 0 Å². The maximum absolute atomic E-state index is 11.8. The second-order valence-electron chi connectivity index (χ2n) is 3.72. The molecule has 0 aliphatic carbocycles. The normalized spacial score (nSPS) is 10.4. The zero-order chi connectivity index (χ0) is 12.4. The molecule has 2 aromatic heterocycles. The zero-order valence-electron chi connectivity index (χ0n) is 9.33. The van der Waals surface area contributed by atoms with E-state index in [9.17, 15) is 9.59 Å². The molecular weight excluding hydrogens is 220 g/mol. The molecule has 88 valence electrons. The fourth-order valence-electron chi connectivity index (χ4n) is 1.53. The number of anilines is 1. The third-order valence-corrected chi connectivity index (χ3v) is 2.43. The lowest BCUT2D eigenvalue weighted by Gasteiger charge is -2.06. The molecule has 0 saturated carbocycles. The van der Waals surface area contributed by atoms with Crippen molar-refractivity contribution in [2.45, 2.75) is 6.54 Å². The van der Waals surface area contributed by atoms with Gasteiger partial charge >= 0.3 is 5.69 Å². The van der Waals surface area contributed by atoms with Crippen LogP contribution < -0.4 is 17.0 Å². The van der Waals surface area contributed by atoms with Crippen molar-refractivity contribution >= 4 is 5.82 Å². The fraction of sp³-hybridized carbons (Fsp3) is 0.182. The molecule has 0 atom stereocenters. The van der Waals surface area contributed by atoms with E-state index in [4.69, 9.17) is 5.73 Å². The number of nitrogens with two attached hydrogens (primary N) is 1. The first kappa shape index (κ1) is 11.1. The topological polar surface area (TPSA) is 82.9 Å². The molecule has 6 heteroatoms. The lowest BCUT2D eigenvalue weighted by Crippen LogP contribution is -2.38. The van der Waals surface area contributed by atoms with E-state index in [1.807, 2.05) is 0 Å². The largest absolute Gasteiger partial charge is 0.384 e. The Balaban J connectivity index is 2.47. The summed E-state index contributed by atoms with van der Waals surface area (Å²) in [5.41, 5.74) is 5.62. The Morgan fingerprint density at radius 3 is 2.82 bits per heavy atom. The van der Waals surface area contributed by atoms with Gasteiger partial charge in [0.1, 0.15) is 5.82 Å². The predicted octanol–water partition coefficient (Wildman–Crippen LogP) is -0.428. The minimum Gasteiger partial charge on any atom is -0.384 e. The molecule has 0 amide bonds. The molecule has 0 unspecified atom stereocenters. The summed E-state index contributed by atoms with van der Waals surface area (Å²) in [7, 11) is 1.60. The third kappa shape index (κ3) is 2.25. The van der Waals surface area contributed by atoms with Gasteiger partial charge in [-0.15, -0.1) is 0 Å². The molecule has 0 aliphatic heterocycles. The molecule has 2 N–H and O–H groups in total. The monoisotopic (exact) mass is 232 g/mol. The molecule has 0 radical (unpaired) electrons. The van der Waals surface area contributed by atoms with Gasteiger partial charge in [-0.05, 0) is 17.7 Å². The molecule has 0 aliphatic rings. The van der Waals surface area contributed by atoms with Crippen LogP contribution in [0.3, 0.4) is 0 Å². The second-order valence-corrected chi connectivity index (χ2v) is 3.72. The van der Waals surface area contributed by atoms with E-state index in [0.29, 0.717) is 5.82 Å². The van der Waals surface area contributed by atoms with Crippen LogP contribution >= 0.6 is 0 Å². The van der Waals surface area contributed by atoms with Gasteiger partial charge in [0, 0.05) is 25.5 Å². The van der Waals surface area contributed by atoms with Crippen molar-refractivity contribution in [2.75, 3.05) is 5.73 Å². The number of nitrogens with zero attached hydrogens (tertiary/aromatic N) is 3. The number of pyridine rings is 1. The first-order chi connectivity index (χ1) is 8.08. The Labute approximate surface area is 97.0 Å². The lowest BCUT2D eigenvalue weighted by molar-refractivity contribution is 0.639. The summed E-state index contributed by atoms with van der Waals surface area (Å²) >= 11 is 0. The van der Waals surface area contributed by atoms with Crippen molar-refractivity contribution in [2.24, 2.45) is 7.05 Å². The van der Waals surface area contributed by atoms with Gasteiger partial charge in [-0.25, -0.2) is 9.78 Å². The average Bonchev–Trinajstić information content (AvgIpc) is 2.30. The Morgan fingerprint density at radius 1 is 1.35 bits per heavy atom. The SMILES string of the molecule is Cn1ccc(=O)n(Cc2ccnc(N)c2)c1=O. The quantitative estimate of drug-likeness (QED) is 0.761. The van der Waals surface area contributed by atoms with Gasteiger partial charge in [-0.1, -0.05) is 0 Å².